The summed E-state index contributed by atoms with van der Waals surface area (Å²) in [6, 6.07) is 9.57. The summed E-state index contributed by atoms with van der Waals surface area (Å²) < 4.78 is 54.8. The Morgan fingerprint density at radius 3 is 2.47 bits per heavy atom. The number of hydrogen-bond acceptors (Lipinski definition) is 4. The smallest absolute Gasteiger partial charge is 0.283 e. The highest BCUT2D eigenvalue weighted by atomic mass is 32.2. The first-order chi connectivity index (χ1) is 14.1. The molecule has 0 spiro atoms. The van der Waals surface area contributed by atoms with E-state index in [-0.39, 0.29) is 28.0 Å². The second-order valence-corrected chi connectivity index (χ2v) is 9.68. The lowest BCUT2D eigenvalue weighted by Gasteiger charge is -2.22. The van der Waals surface area contributed by atoms with Crippen LogP contribution >= 0.6 is 9.24 Å². The molecule has 1 fully saturated rings. The molecule has 2 aromatic carbocycles. The van der Waals surface area contributed by atoms with Crippen molar-refractivity contribution in [2.45, 2.75) is 30.3 Å². The fourth-order valence-electron chi connectivity index (χ4n) is 3.36. The monoisotopic (exact) mass is 455 g/mol. The van der Waals surface area contributed by atoms with Gasteiger partial charge in [0.1, 0.15) is 0 Å². The minimum Gasteiger partial charge on any atom is -0.326 e. The van der Waals surface area contributed by atoms with Crippen LogP contribution < -0.4 is 15.4 Å². The zero-order chi connectivity index (χ0) is 21.9. The van der Waals surface area contributed by atoms with Gasteiger partial charge in [-0.05, 0) is 68.8 Å². The van der Waals surface area contributed by atoms with Gasteiger partial charge in [0, 0.05) is 22.9 Å². The number of hydrogen-bond donors (Lipinski definition) is 3. The third-order valence-corrected chi connectivity index (χ3v) is 6.82. The molecule has 6 nitrogen and oxygen atoms in total. The minimum absolute atomic E-state index is 0.00500. The van der Waals surface area contributed by atoms with E-state index in [1.807, 2.05) is 0 Å². The molecule has 0 aliphatic carbocycles. The number of nitrogens with one attached hydrogen (secondary N) is 3. The Morgan fingerprint density at radius 1 is 1.13 bits per heavy atom. The van der Waals surface area contributed by atoms with Crippen molar-refractivity contribution in [3.8, 4) is 0 Å². The number of benzene rings is 2. The van der Waals surface area contributed by atoms with Gasteiger partial charge in [0.2, 0.25) is 5.91 Å². The van der Waals surface area contributed by atoms with Gasteiger partial charge >= 0.3 is 0 Å². The molecule has 162 valence electrons. The molecule has 1 aliphatic rings. The van der Waals surface area contributed by atoms with E-state index < -0.39 is 15.7 Å². The van der Waals surface area contributed by atoms with Crippen LogP contribution in [0.1, 0.15) is 24.0 Å². The van der Waals surface area contributed by atoms with E-state index in [9.17, 15) is 22.0 Å². The Kier molecular flexibility index (Phi) is 6.75. The van der Waals surface area contributed by atoms with Gasteiger partial charge < -0.3 is 10.6 Å². The quantitative estimate of drug-likeness (QED) is 0.581. The van der Waals surface area contributed by atoms with Crippen molar-refractivity contribution in [1.82, 2.24) is 5.32 Å². The number of piperidine rings is 1. The molecule has 1 unspecified atom stereocenters. The highest BCUT2D eigenvalue weighted by Gasteiger charge is 2.26. The van der Waals surface area contributed by atoms with E-state index in [1.165, 1.54) is 39.6 Å². The molecule has 1 saturated heterocycles. The molecule has 0 bridgehead atoms. The van der Waals surface area contributed by atoms with E-state index in [4.69, 9.17) is 0 Å². The summed E-state index contributed by atoms with van der Waals surface area (Å²) >= 11 is 0. The number of halogens is 2. The fraction of sp³-hybridized carbons (Fsp3) is 0.350. The minimum atomic E-state index is -3.99. The van der Waals surface area contributed by atoms with Crippen LogP contribution in [0, 0.1) is 12.8 Å². The number of amides is 1. The Bertz CT molecular complexity index is 1040. The average Bonchev–Trinajstić information content (AvgIpc) is 2.67. The number of aryl methyl sites for hydroxylation is 1. The maximum absolute atomic E-state index is 13.5. The summed E-state index contributed by atoms with van der Waals surface area (Å²) in [6.07, 6.45) is 1.52. The van der Waals surface area contributed by atoms with Gasteiger partial charge in [-0.1, -0.05) is 21.4 Å². The average molecular weight is 455 g/mol. The Morgan fingerprint density at radius 2 is 1.83 bits per heavy atom. The lowest BCUT2D eigenvalue weighted by molar-refractivity contribution is -0.120. The summed E-state index contributed by atoms with van der Waals surface area (Å²) in [5.74, 6) is -0.154. The molecule has 30 heavy (non-hydrogen) atoms. The fourth-order valence-corrected chi connectivity index (χ4v) is 4.81. The van der Waals surface area contributed by atoms with Crippen molar-refractivity contribution in [2.75, 3.05) is 23.1 Å². The normalized spacial score (nSPS) is 15.6. The highest BCUT2D eigenvalue weighted by molar-refractivity contribution is 7.92. The van der Waals surface area contributed by atoms with E-state index in [1.54, 1.807) is 13.0 Å². The number of alkyl halides is 2. The highest BCUT2D eigenvalue weighted by Crippen LogP contribution is 2.36. The second-order valence-electron chi connectivity index (χ2n) is 7.30. The third kappa shape index (κ3) is 5.53. The number of rotatable bonds is 6. The van der Waals surface area contributed by atoms with Crippen LogP contribution in [0.15, 0.2) is 47.4 Å². The molecule has 1 aliphatic heterocycles. The molecule has 0 saturated carbocycles. The van der Waals surface area contributed by atoms with Crippen LogP contribution in [0.2, 0.25) is 0 Å². The Balaban J connectivity index is 1.76. The summed E-state index contributed by atoms with van der Waals surface area (Å²) in [6.45, 7) is 3.20. The summed E-state index contributed by atoms with van der Waals surface area (Å²) in [7, 11) is -2.57. The molecule has 3 rings (SSSR count). The maximum atomic E-state index is 13.5. The Labute approximate surface area is 177 Å². The number of sulfonamides is 1. The summed E-state index contributed by atoms with van der Waals surface area (Å²) in [4.78, 5) is 12.4. The van der Waals surface area contributed by atoms with Crippen LogP contribution in [0.5, 0.6) is 0 Å². The molecular weight excluding hydrogens is 431 g/mol. The molecule has 0 aromatic heterocycles. The van der Waals surface area contributed by atoms with Crippen LogP contribution in [0.25, 0.3) is 0 Å². The molecule has 10 heteroatoms. The van der Waals surface area contributed by atoms with Crippen molar-refractivity contribution in [2.24, 2.45) is 5.92 Å². The van der Waals surface area contributed by atoms with Gasteiger partial charge in [-0.2, -0.15) is 8.78 Å². The molecule has 1 heterocycles. The standard InChI is InChI=1S/C20H24F2N3O3PS/c1-13-11-16(24-19(26)14-7-9-23-10-8-14)5-6-18(13)30(27,28)25-17-4-2-3-15(12-17)20(21,22)29/h2-6,11-12,14,23,25H,7-10,29H2,1H3,(H,24,26). The van der Waals surface area contributed by atoms with E-state index in [0.29, 0.717) is 11.3 Å². The lowest BCUT2D eigenvalue weighted by Crippen LogP contribution is -2.34. The third-order valence-electron chi connectivity index (χ3n) is 4.94. The Hall–Kier alpha value is -2.09. The van der Waals surface area contributed by atoms with Crippen LogP contribution in [0.3, 0.4) is 0 Å². The first-order valence-electron chi connectivity index (χ1n) is 9.48. The van der Waals surface area contributed by atoms with Crippen molar-refractivity contribution in [3.63, 3.8) is 0 Å². The van der Waals surface area contributed by atoms with Gasteiger partial charge in [0.05, 0.1) is 4.90 Å². The zero-order valence-electron chi connectivity index (χ0n) is 16.4. The summed E-state index contributed by atoms with van der Waals surface area (Å²) in [5.41, 5.74) is -2.50. The van der Waals surface area contributed by atoms with Crippen LogP contribution in [-0.2, 0) is 20.5 Å². The summed E-state index contributed by atoms with van der Waals surface area (Å²) in [5, 5.41) is 6.04. The molecule has 0 radical (unpaired) electrons. The van der Waals surface area contributed by atoms with Gasteiger partial charge in [-0.15, -0.1) is 0 Å². The zero-order valence-corrected chi connectivity index (χ0v) is 18.4. The van der Waals surface area contributed by atoms with Crippen LogP contribution in [-0.4, -0.2) is 27.4 Å². The van der Waals surface area contributed by atoms with Gasteiger partial charge in [0.15, 0.2) is 0 Å². The topological polar surface area (TPSA) is 87.3 Å². The van der Waals surface area contributed by atoms with Crippen molar-refractivity contribution in [3.05, 3.63) is 53.6 Å². The van der Waals surface area contributed by atoms with Crippen LogP contribution in [0.4, 0.5) is 20.2 Å². The molecular formula is C20H24F2N3O3PS. The predicted octanol–water partition coefficient (Wildman–Crippen LogP) is 3.66. The second kappa shape index (κ2) is 8.96. The SMILES string of the molecule is Cc1cc(NC(=O)C2CCNCC2)ccc1S(=O)(=O)Nc1cccc(C(F)(F)P)c1. The molecule has 1 atom stereocenters. The van der Waals surface area contributed by atoms with E-state index in [0.717, 1.165) is 32.0 Å². The van der Waals surface area contributed by atoms with E-state index in [2.05, 4.69) is 15.4 Å². The lowest BCUT2D eigenvalue weighted by atomic mass is 9.97. The molecule has 3 N–H and O–H groups in total. The van der Waals surface area contributed by atoms with Crippen molar-refractivity contribution in [1.29, 1.82) is 0 Å². The molecule has 1 amide bonds. The number of carbonyl (C=O) groups is 1. The number of anilines is 2. The van der Waals surface area contributed by atoms with Gasteiger partial charge in [-0.25, -0.2) is 8.42 Å². The first kappa shape index (κ1) is 22.6. The maximum Gasteiger partial charge on any atom is 0.283 e. The van der Waals surface area contributed by atoms with Gasteiger partial charge in [0.25, 0.3) is 15.7 Å². The molecule has 2 aromatic rings. The first-order valence-corrected chi connectivity index (χ1v) is 11.5. The number of carbonyl (C=O) groups excluding carboxylic acids is 1. The van der Waals surface area contributed by atoms with Gasteiger partial charge in [-0.3, -0.25) is 9.52 Å². The predicted molar refractivity (Wildman–Crippen MR) is 116 cm³/mol. The largest absolute Gasteiger partial charge is 0.326 e. The van der Waals surface area contributed by atoms with E-state index >= 15 is 0 Å². The van der Waals surface area contributed by atoms with Crippen molar-refractivity contribution >= 4 is 36.5 Å². The van der Waals surface area contributed by atoms with Crippen molar-refractivity contribution < 1.29 is 22.0 Å².